The molecular formula is C83H116Br4N14O15S6. The van der Waals surface area contributed by atoms with Crippen molar-refractivity contribution in [2.24, 2.45) is 5.73 Å². The third-order valence-corrected chi connectivity index (χ3v) is 30.5. The number of benzene rings is 3. The predicted octanol–water partition coefficient (Wildman–Crippen LogP) is 18.8. The van der Waals surface area contributed by atoms with E-state index in [0.717, 1.165) is 130 Å². The molecule has 0 atom stereocenters. The molecule has 4 aromatic heterocycles. The van der Waals surface area contributed by atoms with Crippen molar-refractivity contribution in [3.8, 4) is 10.4 Å². The Morgan fingerprint density at radius 3 is 1.27 bits per heavy atom. The van der Waals surface area contributed by atoms with Gasteiger partial charge in [0.25, 0.3) is 0 Å². The van der Waals surface area contributed by atoms with Gasteiger partial charge >= 0.3 is 30.3 Å². The zero-order valence-electron chi connectivity index (χ0n) is 70.5. The monoisotopic (exact) mass is 2060 g/mol. The van der Waals surface area contributed by atoms with Crippen LogP contribution >= 0.6 is 109 Å². The summed E-state index contributed by atoms with van der Waals surface area (Å²) >= 11 is 19.8. The number of hydrogen-bond donors (Lipinski definition) is 11. The number of aliphatic hydroxyl groups is 1. The van der Waals surface area contributed by atoms with E-state index in [2.05, 4.69) is 130 Å². The molecule has 7 amide bonds. The molecular weight excluding hydrogens is 1950 g/mol. The number of hydrogen-bond acceptors (Lipinski definition) is 24. The van der Waals surface area contributed by atoms with Crippen molar-refractivity contribution in [2.75, 3.05) is 37.1 Å². The van der Waals surface area contributed by atoms with Gasteiger partial charge in [-0.15, -0.1) is 45.3 Å². The van der Waals surface area contributed by atoms with E-state index in [-0.39, 0.29) is 64.3 Å². The average Bonchev–Trinajstić information content (AvgIpc) is 1.44. The lowest BCUT2D eigenvalue weighted by atomic mass is 9.86. The van der Waals surface area contributed by atoms with E-state index in [4.69, 9.17) is 34.5 Å². The lowest BCUT2D eigenvalue weighted by Crippen LogP contribution is -2.44. The van der Waals surface area contributed by atoms with Crippen LogP contribution < -0.4 is 51.4 Å². The maximum absolute atomic E-state index is 13.6. The summed E-state index contributed by atoms with van der Waals surface area (Å²) in [4.78, 5) is 78.2. The van der Waals surface area contributed by atoms with Crippen LogP contribution in [0.4, 0.5) is 35.3 Å². The van der Waals surface area contributed by atoms with E-state index >= 15 is 0 Å². The smallest absolute Gasteiger partial charge is 0.407 e. The van der Waals surface area contributed by atoms with Gasteiger partial charge in [0.1, 0.15) is 5.60 Å². The lowest BCUT2D eigenvalue weighted by Gasteiger charge is -2.30. The second kappa shape index (κ2) is 47.2. The first-order valence-corrected chi connectivity index (χ1v) is 50.5. The fraction of sp³-hybridized carbons (Fsp3) is 0.578. The minimum atomic E-state index is -3.95. The molecule has 2 saturated heterocycles. The molecule has 2 aliphatic heterocycles. The van der Waals surface area contributed by atoms with Crippen LogP contribution in [0.25, 0.3) is 10.4 Å². The Morgan fingerprint density at radius 1 is 0.508 bits per heavy atom. The van der Waals surface area contributed by atoms with Crippen LogP contribution in [0.1, 0.15) is 239 Å². The number of aryl methyl sites for hydroxylation is 1. The van der Waals surface area contributed by atoms with Gasteiger partial charge in [-0.05, 0) is 274 Å². The number of halogens is 4. The third-order valence-electron chi connectivity index (χ3n) is 20.4. The number of carbonyl (C=O) groups is 5. The first kappa shape index (κ1) is 99.9. The molecule has 0 unspecified atom stereocenters. The number of anilines is 2. The van der Waals surface area contributed by atoms with Crippen molar-refractivity contribution in [2.45, 2.75) is 290 Å². The molecule has 0 bridgehead atoms. The highest BCUT2D eigenvalue weighted by atomic mass is 79.9. The molecule has 122 heavy (non-hydrogen) atoms. The highest BCUT2D eigenvalue weighted by Gasteiger charge is 2.34. The Labute approximate surface area is 766 Å². The van der Waals surface area contributed by atoms with Gasteiger partial charge in [0.2, 0.25) is 20.0 Å². The fourth-order valence-electron chi connectivity index (χ4n) is 13.9. The highest BCUT2D eigenvalue weighted by Crippen LogP contribution is 2.43. The van der Waals surface area contributed by atoms with Gasteiger partial charge in [-0.3, -0.25) is 4.34 Å². The summed E-state index contributed by atoms with van der Waals surface area (Å²) in [5.74, 6) is 1.93. The van der Waals surface area contributed by atoms with Gasteiger partial charge < -0.3 is 66.4 Å². The van der Waals surface area contributed by atoms with Crippen LogP contribution in [0.3, 0.4) is 0 Å². The largest absolute Gasteiger partial charge is 0.444 e. The summed E-state index contributed by atoms with van der Waals surface area (Å²) in [6.07, 6.45) is 25.7. The number of rotatable bonds is 18. The number of alkyl carbamates (subject to hydrolysis) is 3. The van der Waals surface area contributed by atoms with Crippen molar-refractivity contribution < 1.29 is 69.6 Å². The van der Waals surface area contributed by atoms with Gasteiger partial charge in [0.15, 0.2) is 12.2 Å². The van der Waals surface area contributed by atoms with Gasteiger partial charge in [-0.1, -0.05) is 42.5 Å². The molecule has 7 aliphatic rings. The number of sulfonamides is 2. The molecule has 12 N–H and O–H groups in total. The highest BCUT2D eigenvalue weighted by molar-refractivity contribution is 9.11. The quantitative estimate of drug-likeness (QED) is 0.0281. The SMILES string of the molecule is CC(C)(C)NS(=O)(=O)c1cc(NC(=O)NCc2ccccc2)ccc1-c1cnc(C2CCC(NC(=O)OC3COC3)CC2)s1.CC(C)(C)OC(=O)NC1CCC(c2ncc(Br)s2)CC1.Cc1ccc(NC(=O)NBr)cc1S(=O)(=O)NC(C)(C)C.NC1CCC(c2ncc(Br)s2)CC1.O=C(NC1CCC(c2ncc(Br)s2)CC1)OC1COC1.OC1CCC1. The summed E-state index contributed by atoms with van der Waals surface area (Å²) in [7, 11) is -7.60. The van der Waals surface area contributed by atoms with E-state index < -0.39 is 54.9 Å². The summed E-state index contributed by atoms with van der Waals surface area (Å²) in [6, 6.07) is 19.1. The van der Waals surface area contributed by atoms with Crippen LogP contribution in [0.15, 0.2) is 113 Å². The predicted molar refractivity (Wildman–Crippen MR) is 494 cm³/mol. The molecule has 3 aromatic carbocycles. The summed E-state index contributed by atoms with van der Waals surface area (Å²) in [5.41, 5.74) is 6.93. The summed E-state index contributed by atoms with van der Waals surface area (Å²) in [6.45, 7) is 20.3. The summed E-state index contributed by atoms with van der Waals surface area (Å²) < 4.78 is 88.5. The molecule has 5 saturated carbocycles. The fourth-order valence-corrected chi connectivity index (χ4v) is 22.8. The Balaban J connectivity index is 0.000000183. The number of amides is 7. The van der Waals surface area contributed by atoms with Crippen LogP contribution in [-0.4, -0.2) is 158 Å². The zero-order chi connectivity index (χ0) is 88.5. The number of aromatic nitrogens is 4. The Hall–Kier alpha value is -5.89. The lowest BCUT2D eigenvalue weighted by molar-refractivity contribution is -0.0985. The molecule has 672 valence electrons. The Morgan fingerprint density at radius 2 is 0.893 bits per heavy atom. The number of urea groups is 2. The van der Waals surface area contributed by atoms with Crippen molar-refractivity contribution in [1.29, 1.82) is 0 Å². The number of carbonyl (C=O) groups excluding carboxylic acids is 5. The maximum atomic E-state index is 13.6. The first-order valence-electron chi connectivity index (χ1n) is 41.1. The Bertz CT molecular complexity index is 4730. The molecule has 6 heterocycles. The first-order chi connectivity index (χ1) is 57.7. The van der Waals surface area contributed by atoms with Crippen molar-refractivity contribution in [3.63, 3.8) is 0 Å². The summed E-state index contributed by atoms with van der Waals surface area (Å²) in [5, 5.41) is 30.0. The third kappa shape index (κ3) is 34.4. The number of nitrogens with zero attached hydrogens (tertiary/aromatic N) is 4. The van der Waals surface area contributed by atoms with E-state index in [0.29, 0.717) is 79.3 Å². The van der Waals surface area contributed by atoms with E-state index in [1.54, 1.807) is 113 Å². The van der Waals surface area contributed by atoms with Crippen LogP contribution in [0.5, 0.6) is 0 Å². The molecule has 0 radical (unpaired) electrons. The van der Waals surface area contributed by atoms with E-state index in [1.165, 1.54) is 57.8 Å². The average molecular weight is 2060 g/mol. The molecule has 0 spiro atoms. The number of nitrogens with two attached hydrogens (primary N) is 1. The second-order valence-electron chi connectivity index (χ2n) is 34.2. The molecule has 7 aromatic rings. The van der Waals surface area contributed by atoms with Gasteiger partial charge in [0, 0.05) is 88.6 Å². The zero-order valence-corrected chi connectivity index (χ0v) is 81.7. The number of nitrogens with one attached hydrogen (secondary N) is 9. The van der Waals surface area contributed by atoms with Gasteiger partial charge in [-0.25, -0.2) is 70.2 Å². The number of ether oxygens (including phenoxy) is 5. The topological polar surface area (TPSA) is 406 Å². The van der Waals surface area contributed by atoms with Gasteiger partial charge in [0.05, 0.1) is 113 Å². The number of thiazole rings is 4. The van der Waals surface area contributed by atoms with Crippen molar-refractivity contribution in [3.05, 3.63) is 134 Å². The van der Waals surface area contributed by atoms with Crippen LogP contribution in [-0.2, 0) is 50.3 Å². The molecule has 7 fully saturated rings. The van der Waals surface area contributed by atoms with E-state index in [9.17, 15) is 40.8 Å². The molecule has 5 aliphatic carbocycles. The van der Waals surface area contributed by atoms with Crippen molar-refractivity contribution >= 4 is 171 Å². The Kier molecular flexibility index (Phi) is 38.7. The molecule has 39 heteroatoms. The number of aliphatic hydroxyl groups excluding tert-OH is 1. The van der Waals surface area contributed by atoms with Crippen molar-refractivity contribution in [1.82, 2.24) is 55.0 Å². The minimum absolute atomic E-state index is 0.0457. The van der Waals surface area contributed by atoms with Crippen LogP contribution in [0.2, 0.25) is 0 Å². The van der Waals surface area contributed by atoms with Gasteiger partial charge in [-0.2, -0.15) is 0 Å². The normalized spacial score (nSPS) is 21.2. The van der Waals surface area contributed by atoms with E-state index in [1.807, 2.05) is 69.7 Å². The molecule has 14 rings (SSSR count). The van der Waals surface area contributed by atoms with Crippen LogP contribution in [0, 0.1) is 6.92 Å². The maximum Gasteiger partial charge on any atom is 0.407 e. The second-order valence-corrected chi connectivity index (χ2v) is 46.3. The standard InChI is InChI=1S/C31H39N5O6S2.C14H21BrN2O2S.C13H17BrN2O3S.C12H18BrN3O3S.C9H13BrN2S.C4H8O/c1-31(2,3)36-44(39,40)27-15-23(34-29(37)33-16-20-7-5-4-6-8-20)13-14-25(27)26-17-32-28(43-26)21-9-11-22(12-10-21)35-30(38)42-24-18-41-19-24;1-14(2,3)19-13(18)17-10-6-4-9(5-7-10)12-16-8-11(15)20-12;14-11-5-15-12(20-11)8-1-3-9(4-2-8)16-13(17)19-10-6-18-7-10;1-8-5-6-9(14-11(17)15-13)7-10(8)20(18,19)16-12(2,3)4;10-8-5-12-9(13-8)6-1-3-7(11)4-2-6;5-4-2-1-3-4/h4-8,13-15,17,21-22,24,36H,9-12,16,18-19H2,1-3H3,(H,35,38)(H2,33,34,37);8-10H,4-7H2,1-3H3,(H,17,18);5,8-10H,1-4,6-7H2,(H,16,17);5-7,16H,1-4H3,(H2,14,15,17);5-7H,1-4,11H2;4-5H,1-3H2. The minimum Gasteiger partial charge on any atom is -0.444 e. The molecule has 29 nitrogen and oxygen atoms in total.